The maximum absolute atomic E-state index is 12.2. The summed E-state index contributed by atoms with van der Waals surface area (Å²) < 4.78 is 7.14. The van der Waals surface area contributed by atoms with Gasteiger partial charge in [0.05, 0.1) is 11.3 Å². The van der Waals surface area contributed by atoms with Crippen LogP contribution in [0.25, 0.3) is 5.69 Å². The number of ether oxygens (including phenoxy) is 1. The van der Waals surface area contributed by atoms with Crippen LogP contribution in [-0.2, 0) is 0 Å². The number of nitrogens with zero attached hydrogens (tertiary/aromatic N) is 2. The summed E-state index contributed by atoms with van der Waals surface area (Å²) in [5.74, 6) is 0.194. The van der Waals surface area contributed by atoms with Gasteiger partial charge in [-0.2, -0.15) is 5.10 Å². The van der Waals surface area contributed by atoms with Crippen LogP contribution in [0.15, 0.2) is 60.9 Å². The van der Waals surface area contributed by atoms with Gasteiger partial charge in [0, 0.05) is 12.4 Å². The molecule has 4 nitrogen and oxygen atoms in total. The van der Waals surface area contributed by atoms with E-state index in [1.165, 1.54) is 5.56 Å². The van der Waals surface area contributed by atoms with Gasteiger partial charge in [-0.25, -0.2) is 9.48 Å². The zero-order chi connectivity index (χ0) is 15.5. The van der Waals surface area contributed by atoms with Gasteiger partial charge in [-0.05, 0) is 67.4 Å². The smallest absolute Gasteiger partial charge is 0.343 e. The van der Waals surface area contributed by atoms with Gasteiger partial charge in [0.2, 0.25) is 0 Å². The molecule has 0 aliphatic carbocycles. The van der Waals surface area contributed by atoms with Crippen LogP contribution in [0.1, 0.15) is 21.5 Å². The molecule has 0 N–H and O–H groups in total. The summed E-state index contributed by atoms with van der Waals surface area (Å²) >= 11 is 0. The minimum atomic E-state index is -0.365. The largest absolute Gasteiger partial charge is 0.423 e. The number of hydrogen-bond donors (Lipinski definition) is 0. The third-order valence-corrected chi connectivity index (χ3v) is 3.56. The van der Waals surface area contributed by atoms with Crippen LogP contribution < -0.4 is 4.74 Å². The lowest BCUT2D eigenvalue weighted by molar-refractivity contribution is 0.0734. The van der Waals surface area contributed by atoms with E-state index in [0.717, 1.165) is 11.3 Å². The summed E-state index contributed by atoms with van der Waals surface area (Å²) in [6, 6.07) is 14.6. The fraction of sp³-hybridized carbons (Fsp3) is 0.111. The summed E-state index contributed by atoms with van der Waals surface area (Å²) in [4.78, 5) is 12.2. The van der Waals surface area contributed by atoms with Crippen molar-refractivity contribution in [2.24, 2.45) is 0 Å². The Balaban J connectivity index is 1.76. The van der Waals surface area contributed by atoms with Crippen molar-refractivity contribution in [1.29, 1.82) is 0 Å². The Morgan fingerprint density at radius 1 is 1.05 bits per heavy atom. The number of rotatable bonds is 3. The molecule has 3 aromatic rings. The molecule has 1 aromatic heterocycles. The monoisotopic (exact) mass is 292 g/mol. The molecule has 0 aliphatic rings. The molecule has 22 heavy (non-hydrogen) atoms. The Labute approximate surface area is 129 Å². The second kappa shape index (κ2) is 5.85. The zero-order valence-corrected chi connectivity index (χ0v) is 12.5. The van der Waals surface area contributed by atoms with Gasteiger partial charge in [-0.3, -0.25) is 0 Å². The number of esters is 1. The van der Waals surface area contributed by atoms with E-state index in [4.69, 9.17) is 4.74 Å². The molecule has 4 heteroatoms. The summed E-state index contributed by atoms with van der Waals surface area (Å²) in [5, 5.41) is 4.15. The Hall–Kier alpha value is -2.88. The standard InChI is InChI=1S/C18H16N2O2/c1-13-4-9-17(12-14(13)2)22-18(21)15-5-7-16(8-6-15)20-11-3-10-19-20/h3-12H,1-2H3. The molecule has 2 aromatic carbocycles. The van der Waals surface area contributed by atoms with E-state index < -0.39 is 0 Å². The molecule has 0 spiro atoms. The van der Waals surface area contributed by atoms with E-state index in [1.54, 1.807) is 29.1 Å². The third kappa shape index (κ3) is 2.91. The molecular weight excluding hydrogens is 276 g/mol. The average molecular weight is 292 g/mol. The van der Waals surface area contributed by atoms with E-state index in [0.29, 0.717) is 11.3 Å². The van der Waals surface area contributed by atoms with Crippen molar-refractivity contribution in [2.45, 2.75) is 13.8 Å². The van der Waals surface area contributed by atoms with Crippen LogP contribution >= 0.6 is 0 Å². The topological polar surface area (TPSA) is 44.1 Å². The molecular formula is C18H16N2O2. The van der Waals surface area contributed by atoms with Crippen molar-refractivity contribution < 1.29 is 9.53 Å². The third-order valence-electron chi connectivity index (χ3n) is 3.56. The Morgan fingerprint density at radius 2 is 1.82 bits per heavy atom. The van der Waals surface area contributed by atoms with Gasteiger partial charge in [-0.1, -0.05) is 6.07 Å². The summed E-state index contributed by atoms with van der Waals surface area (Å²) in [6.07, 6.45) is 3.56. The van der Waals surface area contributed by atoms with E-state index >= 15 is 0 Å². The van der Waals surface area contributed by atoms with Crippen LogP contribution in [0, 0.1) is 13.8 Å². The first-order valence-corrected chi connectivity index (χ1v) is 7.03. The molecule has 0 atom stereocenters. The molecule has 1 heterocycles. The van der Waals surface area contributed by atoms with Crippen molar-refractivity contribution in [3.05, 3.63) is 77.6 Å². The minimum absolute atomic E-state index is 0.365. The fourth-order valence-corrected chi connectivity index (χ4v) is 2.12. The van der Waals surface area contributed by atoms with Crippen molar-refractivity contribution in [1.82, 2.24) is 9.78 Å². The number of benzene rings is 2. The normalized spacial score (nSPS) is 10.5. The Bertz CT molecular complexity index is 790. The van der Waals surface area contributed by atoms with Gasteiger partial charge in [0.15, 0.2) is 0 Å². The van der Waals surface area contributed by atoms with Gasteiger partial charge >= 0.3 is 5.97 Å². The number of aryl methyl sites for hydroxylation is 2. The molecule has 0 unspecified atom stereocenters. The lowest BCUT2D eigenvalue weighted by atomic mass is 10.1. The molecule has 0 bridgehead atoms. The molecule has 0 fully saturated rings. The first-order chi connectivity index (χ1) is 10.6. The molecule has 0 radical (unpaired) electrons. The summed E-state index contributed by atoms with van der Waals surface area (Å²) in [6.45, 7) is 4.01. The number of carbonyl (C=O) groups excluding carboxylic acids is 1. The van der Waals surface area contributed by atoms with Crippen molar-refractivity contribution in [2.75, 3.05) is 0 Å². The van der Waals surface area contributed by atoms with E-state index in [9.17, 15) is 4.79 Å². The van der Waals surface area contributed by atoms with Crippen LogP contribution in [0.5, 0.6) is 5.75 Å². The average Bonchev–Trinajstić information content (AvgIpc) is 3.05. The van der Waals surface area contributed by atoms with E-state index in [1.807, 2.05) is 50.4 Å². The number of aromatic nitrogens is 2. The summed E-state index contributed by atoms with van der Waals surface area (Å²) in [7, 11) is 0. The lowest BCUT2D eigenvalue weighted by Crippen LogP contribution is -2.09. The van der Waals surface area contributed by atoms with E-state index in [-0.39, 0.29) is 5.97 Å². The zero-order valence-electron chi connectivity index (χ0n) is 12.5. The van der Waals surface area contributed by atoms with Crippen LogP contribution in [0.3, 0.4) is 0 Å². The van der Waals surface area contributed by atoms with Gasteiger partial charge in [-0.15, -0.1) is 0 Å². The molecule has 0 saturated carbocycles. The van der Waals surface area contributed by atoms with Crippen LogP contribution in [-0.4, -0.2) is 15.7 Å². The lowest BCUT2D eigenvalue weighted by Gasteiger charge is -2.07. The Morgan fingerprint density at radius 3 is 2.45 bits per heavy atom. The molecule has 110 valence electrons. The van der Waals surface area contributed by atoms with Crippen LogP contribution in [0.4, 0.5) is 0 Å². The quantitative estimate of drug-likeness (QED) is 0.546. The second-order valence-corrected chi connectivity index (χ2v) is 5.13. The van der Waals surface area contributed by atoms with Crippen LogP contribution in [0.2, 0.25) is 0 Å². The predicted molar refractivity (Wildman–Crippen MR) is 84.4 cm³/mol. The second-order valence-electron chi connectivity index (χ2n) is 5.13. The van der Waals surface area contributed by atoms with Gasteiger partial charge < -0.3 is 4.74 Å². The number of hydrogen-bond acceptors (Lipinski definition) is 3. The molecule has 3 rings (SSSR count). The molecule has 0 aliphatic heterocycles. The van der Waals surface area contributed by atoms with Crippen molar-refractivity contribution in [3.63, 3.8) is 0 Å². The van der Waals surface area contributed by atoms with Crippen molar-refractivity contribution >= 4 is 5.97 Å². The minimum Gasteiger partial charge on any atom is -0.423 e. The number of carbonyl (C=O) groups is 1. The van der Waals surface area contributed by atoms with E-state index in [2.05, 4.69) is 5.10 Å². The Kier molecular flexibility index (Phi) is 3.74. The highest BCUT2D eigenvalue weighted by molar-refractivity contribution is 5.91. The highest BCUT2D eigenvalue weighted by Crippen LogP contribution is 2.18. The molecule has 0 amide bonds. The predicted octanol–water partition coefficient (Wildman–Crippen LogP) is 3.71. The summed E-state index contributed by atoms with van der Waals surface area (Å²) in [5.41, 5.74) is 3.67. The highest BCUT2D eigenvalue weighted by Gasteiger charge is 2.09. The van der Waals surface area contributed by atoms with Gasteiger partial charge in [0.25, 0.3) is 0 Å². The molecule has 0 saturated heterocycles. The first-order valence-electron chi connectivity index (χ1n) is 7.03. The van der Waals surface area contributed by atoms with Crippen molar-refractivity contribution in [3.8, 4) is 11.4 Å². The maximum atomic E-state index is 12.2. The SMILES string of the molecule is Cc1ccc(OC(=O)c2ccc(-n3cccn3)cc2)cc1C. The highest BCUT2D eigenvalue weighted by atomic mass is 16.5. The maximum Gasteiger partial charge on any atom is 0.343 e. The van der Waals surface area contributed by atoms with Gasteiger partial charge in [0.1, 0.15) is 5.75 Å². The fourth-order valence-electron chi connectivity index (χ4n) is 2.12. The first kappa shape index (κ1) is 14.1.